The van der Waals surface area contributed by atoms with Gasteiger partial charge in [-0.05, 0) is 61.7 Å². The van der Waals surface area contributed by atoms with Crippen LogP contribution in [0.15, 0.2) is 30.3 Å². The number of benzene rings is 2. The van der Waals surface area contributed by atoms with Crippen LogP contribution < -0.4 is 10.5 Å². The number of nitrogens with two attached hydrogens (primary N) is 1. The Hall–Kier alpha value is -1.67. The monoisotopic (exact) mass is 261 g/mol. The van der Waals surface area contributed by atoms with E-state index in [1.165, 1.54) is 0 Å². The Kier molecular flexibility index (Phi) is 3.48. The summed E-state index contributed by atoms with van der Waals surface area (Å²) in [6, 6.07) is 9.52. The topological polar surface area (TPSA) is 35.2 Å². The number of halogens is 1. The SMILES string of the molecule is Cc1ccc(N)c(Oc2c(C)cc(Cl)cc2C)c1. The minimum atomic E-state index is 0.634. The average Bonchev–Trinajstić information content (AvgIpc) is 2.28. The molecular formula is C15H16ClNO. The Morgan fingerprint density at radius 1 is 1.00 bits per heavy atom. The molecule has 0 aliphatic rings. The summed E-state index contributed by atoms with van der Waals surface area (Å²) in [5.74, 6) is 1.50. The summed E-state index contributed by atoms with van der Waals surface area (Å²) in [7, 11) is 0. The summed E-state index contributed by atoms with van der Waals surface area (Å²) in [4.78, 5) is 0. The van der Waals surface area contributed by atoms with Crippen molar-refractivity contribution >= 4 is 17.3 Å². The summed E-state index contributed by atoms with van der Waals surface area (Å²) < 4.78 is 5.92. The molecule has 0 heterocycles. The fourth-order valence-electron chi connectivity index (χ4n) is 1.90. The van der Waals surface area contributed by atoms with Crippen LogP contribution in [0.3, 0.4) is 0 Å². The molecule has 2 nitrogen and oxygen atoms in total. The predicted molar refractivity (Wildman–Crippen MR) is 76.6 cm³/mol. The van der Waals surface area contributed by atoms with Crippen LogP contribution in [0.25, 0.3) is 0 Å². The van der Waals surface area contributed by atoms with Gasteiger partial charge >= 0.3 is 0 Å². The molecule has 0 bridgehead atoms. The maximum atomic E-state index is 6.00. The number of hydrogen-bond acceptors (Lipinski definition) is 2. The van der Waals surface area contributed by atoms with Gasteiger partial charge in [0.05, 0.1) is 5.69 Å². The Morgan fingerprint density at radius 3 is 2.22 bits per heavy atom. The summed E-state index contributed by atoms with van der Waals surface area (Å²) in [6.07, 6.45) is 0. The second kappa shape index (κ2) is 4.91. The van der Waals surface area contributed by atoms with E-state index in [4.69, 9.17) is 22.1 Å². The molecular weight excluding hydrogens is 246 g/mol. The van der Waals surface area contributed by atoms with Crippen LogP contribution in [0.2, 0.25) is 5.02 Å². The molecule has 0 aromatic heterocycles. The van der Waals surface area contributed by atoms with E-state index in [0.717, 1.165) is 27.5 Å². The van der Waals surface area contributed by atoms with Crippen molar-refractivity contribution < 1.29 is 4.74 Å². The van der Waals surface area contributed by atoms with Gasteiger partial charge in [-0.15, -0.1) is 0 Å². The van der Waals surface area contributed by atoms with Crippen molar-refractivity contribution in [3.05, 3.63) is 52.0 Å². The van der Waals surface area contributed by atoms with Crippen molar-refractivity contribution in [1.82, 2.24) is 0 Å². The Balaban J connectivity index is 2.43. The quantitative estimate of drug-likeness (QED) is 0.800. The van der Waals surface area contributed by atoms with Gasteiger partial charge < -0.3 is 10.5 Å². The fraction of sp³-hybridized carbons (Fsp3) is 0.200. The van der Waals surface area contributed by atoms with Crippen molar-refractivity contribution in [3.63, 3.8) is 0 Å². The largest absolute Gasteiger partial charge is 0.455 e. The molecule has 0 saturated carbocycles. The van der Waals surface area contributed by atoms with Gasteiger partial charge in [0.25, 0.3) is 0 Å². The van der Waals surface area contributed by atoms with Crippen LogP contribution in [0.5, 0.6) is 11.5 Å². The molecule has 2 N–H and O–H groups in total. The van der Waals surface area contributed by atoms with Gasteiger partial charge in [0.15, 0.2) is 5.75 Å². The van der Waals surface area contributed by atoms with Crippen molar-refractivity contribution in [2.75, 3.05) is 5.73 Å². The minimum absolute atomic E-state index is 0.634. The molecule has 0 atom stereocenters. The molecule has 2 rings (SSSR count). The first-order chi connectivity index (χ1) is 8.47. The van der Waals surface area contributed by atoms with E-state index in [-0.39, 0.29) is 0 Å². The van der Waals surface area contributed by atoms with E-state index in [1.54, 1.807) is 0 Å². The van der Waals surface area contributed by atoms with E-state index in [1.807, 2.05) is 51.1 Å². The molecule has 0 aliphatic carbocycles. The van der Waals surface area contributed by atoms with Gasteiger partial charge in [0.1, 0.15) is 5.75 Å². The van der Waals surface area contributed by atoms with Gasteiger partial charge in [0.2, 0.25) is 0 Å². The molecule has 0 aliphatic heterocycles. The zero-order valence-electron chi connectivity index (χ0n) is 10.8. The summed E-state index contributed by atoms with van der Waals surface area (Å²) in [6.45, 7) is 5.95. The van der Waals surface area contributed by atoms with E-state index in [0.29, 0.717) is 11.4 Å². The van der Waals surface area contributed by atoms with Crippen molar-refractivity contribution in [2.45, 2.75) is 20.8 Å². The Morgan fingerprint density at radius 2 is 1.61 bits per heavy atom. The summed E-state index contributed by atoms with van der Waals surface area (Å²) in [5.41, 5.74) is 9.67. The molecule has 18 heavy (non-hydrogen) atoms. The van der Waals surface area contributed by atoms with Gasteiger partial charge in [-0.25, -0.2) is 0 Å². The number of aryl methyl sites for hydroxylation is 3. The maximum absolute atomic E-state index is 6.00. The predicted octanol–water partition coefficient (Wildman–Crippen LogP) is 4.64. The molecule has 2 aromatic carbocycles. The Labute approximate surface area is 112 Å². The summed E-state index contributed by atoms with van der Waals surface area (Å²) >= 11 is 6.00. The standard InChI is InChI=1S/C15H16ClNO/c1-9-4-5-13(17)14(6-9)18-15-10(2)7-12(16)8-11(15)3/h4-8H,17H2,1-3H3. The van der Waals surface area contributed by atoms with Gasteiger partial charge in [-0.1, -0.05) is 17.7 Å². The lowest BCUT2D eigenvalue weighted by Crippen LogP contribution is -1.96. The fourth-order valence-corrected chi connectivity index (χ4v) is 2.23. The lowest BCUT2D eigenvalue weighted by Gasteiger charge is -2.14. The highest BCUT2D eigenvalue weighted by Gasteiger charge is 2.09. The molecule has 0 unspecified atom stereocenters. The second-order valence-corrected chi connectivity index (χ2v) is 4.95. The first kappa shape index (κ1) is 12.8. The highest BCUT2D eigenvalue weighted by molar-refractivity contribution is 6.30. The molecule has 0 amide bonds. The van der Waals surface area contributed by atoms with Crippen LogP contribution >= 0.6 is 11.6 Å². The molecule has 0 saturated heterocycles. The number of anilines is 1. The van der Waals surface area contributed by atoms with Crippen LogP contribution in [-0.4, -0.2) is 0 Å². The molecule has 3 heteroatoms. The number of hydrogen-bond donors (Lipinski definition) is 1. The molecule has 2 aromatic rings. The molecule has 0 fully saturated rings. The lowest BCUT2D eigenvalue weighted by atomic mass is 10.1. The smallest absolute Gasteiger partial charge is 0.150 e. The highest BCUT2D eigenvalue weighted by atomic mass is 35.5. The molecule has 94 valence electrons. The van der Waals surface area contributed by atoms with Gasteiger partial charge in [0, 0.05) is 5.02 Å². The summed E-state index contributed by atoms with van der Waals surface area (Å²) in [5, 5.41) is 0.717. The maximum Gasteiger partial charge on any atom is 0.150 e. The third-order valence-corrected chi connectivity index (χ3v) is 3.02. The zero-order valence-corrected chi connectivity index (χ0v) is 11.5. The van der Waals surface area contributed by atoms with Crippen LogP contribution in [0.4, 0.5) is 5.69 Å². The number of ether oxygens (including phenoxy) is 1. The number of nitrogen functional groups attached to an aromatic ring is 1. The normalized spacial score (nSPS) is 10.4. The second-order valence-electron chi connectivity index (χ2n) is 4.51. The third-order valence-electron chi connectivity index (χ3n) is 2.81. The van der Waals surface area contributed by atoms with Crippen LogP contribution in [0, 0.1) is 20.8 Å². The van der Waals surface area contributed by atoms with Crippen LogP contribution in [0.1, 0.15) is 16.7 Å². The van der Waals surface area contributed by atoms with Gasteiger partial charge in [-0.2, -0.15) is 0 Å². The average molecular weight is 262 g/mol. The third kappa shape index (κ3) is 2.59. The van der Waals surface area contributed by atoms with Gasteiger partial charge in [-0.3, -0.25) is 0 Å². The molecule has 0 radical (unpaired) electrons. The van der Waals surface area contributed by atoms with Crippen molar-refractivity contribution in [3.8, 4) is 11.5 Å². The first-order valence-corrected chi connectivity index (χ1v) is 6.16. The first-order valence-electron chi connectivity index (χ1n) is 5.78. The van der Waals surface area contributed by atoms with E-state index >= 15 is 0 Å². The Bertz CT molecular complexity index is 570. The van der Waals surface area contributed by atoms with Crippen molar-refractivity contribution in [2.24, 2.45) is 0 Å². The van der Waals surface area contributed by atoms with E-state index in [9.17, 15) is 0 Å². The lowest BCUT2D eigenvalue weighted by molar-refractivity contribution is 0.477. The minimum Gasteiger partial charge on any atom is -0.455 e. The van der Waals surface area contributed by atoms with Crippen LogP contribution in [-0.2, 0) is 0 Å². The zero-order chi connectivity index (χ0) is 13.3. The highest BCUT2D eigenvalue weighted by Crippen LogP contribution is 2.34. The van der Waals surface area contributed by atoms with E-state index in [2.05, 4.69) is 0 Å². The van der Waals surface area contributed by atoms with Crippen molar-refractivity contribution in [1.29, 1.82) is 0 Å². The molecule has 0 spiro atoms. The van der Waals surface area contributed by atoms with E-state index < -0.39 is 0 Å². The number of rotatable bonds is 2.